The van der Waals surface area contributed by atoms with Gasteiger partial charge >= 0.3 is 6.03 Å². The minimum absolute atomic E-state index is 0.117. The fourth-order valence-electron chi connectivity index (χ4n) is 2.50. The summed E-state index contributed by atoms with van der Waals surface area (Å²) in [6.45, 7) is 3.81. The van der Waals surface area contributed by atoms with Gasteiger partial charge in [-0.05, 0) is 37.0 Å². The third kappa shape index (κ3) is 3.08. The molecule has 0 aliphatic carbocycles. The first kappa shape index (κ1) is 14.1. The molecular formula is C16H19N3OS. The summed E-state index contributed by atoms with van der Waals surface area (Å²) in [7, 11) is 0. The van der Waals surface area contributed by atoms with Crippen LogP contribution >= 0.6 is 11.3 Å². The summed E-state index contributed by atoms with van der Waals surface area (Å²) < 4.78 is 1.97. The van der Waals surface area contributed by atoms with Crippen LogP contribution in [0.2, 0.25) is 0 Å². The molecule has 5 heteroatoms. The van der Waals surface area contributed by atoms with Gasteiger partial charge in [0, 0.05) is 30.4 Å². The number of rotatable bonds is 2. The summed E-state index contributed by atoms with van der Waals surface area (Å²) in [6, 6.07) is 8.27. The Morgan fingerprint density at radius 3 is 2.62 bits per heavy atom. The molecular weight excluding hydrogens is 282 g/mol. The van der Waals surface area contributed by atoms with E-state index in [-0.39, 0.29) is 6.03 Å². The van der Waals surface area contributed by atoms with E-state index in [1.54, 1.807) is 0 Å². The zero-order chi connectivity index (χ0) is 14.7. The molecule has 0 N–H and O–H groups in total. The molecule has 0 spiro atoms. The summed E-state index contributed by atoms with van der Waals surface area (Å²) >= 11 is 1.49. The van der Waals surface area contributed by atoms with Gasteiger partial charge < -0.3 is 4.90 Å². The molecule has 1 saturated heterocycles. The van der Waals surface area contributed by atoms with Crippen molar-refractivity contribution < 1.29 is 4.79 Å². The molecule has 1 aromatic carbocycles. The first-order valence-electron chi connectivity index (χ1n) is 7.37. The lowest BCUT2D eigenvalue weighted by atomic mass is 10.1. The number of carbonyl (C=O) groups excluding carboxylic acids is 1. The van der Waals surface area contributed by atoms with Crippen LogP contribution < -0.4 is 4.80 Å². The van der Waals surface area contributed by atoms with E-state index in [1.807, 2.05) is 21.0 Å². The van der Waals surface area contributed by atoms with Crippen LogP contribution in [0.3, 0.4) is 0 Å². The van der Waals surface area contributed by atoms with Crippen molar-refractivity contribution in [1.29, 1.82) is 0 Å². The summed E-state index contributed by atoms with van der Waals surface area (Å²) in [6.07, 6.45) is 5.16. The first-order valence-corrected chi connectivity index (χ1v) is 8.25. The minimum atomic E-state index is -0.117. The number of amides is 2. The molecule has 0 unspecified atom stereocenters. The smallest absolute Gasteiger partial charge is 0.323 e. The molecule has 0 saturated carbocycles. The summed E-state index contributed by atoms with van der Waals surface area (Å²) in [5.41, 5.74) is 2.35. The van der Waals surface area contributed by atoms with Crippen molar-refractivity contribution in [2.75, 3.05) is 13.1 Å². The highest BCUT2D eigenvalue weighted by Crippen LogP contribution is 2.11. The van der Waals surface area contributed by atoms with Crippen LogP contribution in [0.4, 0.5) is 4.79 Å². The summed E-state index contributed by atoms with van der Waals surface area (Å²) in [5, 5.41) is 1.96. The molecule has 21 heavy (non-hydrogen) atoms. The number of thiazole rings is 1. The lowest BCUT2D eigenvalue weighted by molar-refractivity contribution is 0.218. The third-order valence-electron chi connectivity index (χ3n) is 3.78. The minimum Gasteiger partial charge on any atom is -0.323 e. The van der Waals surface area contributed by atoms with Crippen LogP contribution in [0, 0.1) is 0 Å². The Bertz CT molecular complexity index is 678. The fourth-order valence-corrected chi connectivity index (χ4v) is 3.22. The van der Waals surface area contributed by atoms with Crippen molar-refractivity contribution in [3.05, 3.63) is 46.2 Å². The SMILES string of the molecule is CCc1ccc(-n2ccs/c2=N\C(=O)N2CCCC2)cc1. The Morgan fingerprint density at radius 2 is 1.95 bits per heavy atom. The number of nitrogens with zero attached hydrogens (tertiary/aromatic N) is 3. The number of aryl methyl sites for hydroxylation is 1. The van der Waals surface area contributed by atoms with E-state index in [9.17, 15) is 4.79 Å². The second-order valence-corrected chi connectivity index (χ2v) is 6.04. The van der Waals surface area contributed by atoms with E-state index in [0.717, 1.165) is 42.8 Å². The van der Waals surface area contributed by atoms with Crippen LogP contribution in [0.5, 0.6) is 0 Å². The highest BCUT2D eigenvalue weighted by atomic mass is 32.1. The van der Waals surface area contributed by atoms with Gasteiger partial charge in [-0.3, -0.25) is 4.57 Å². The van der Waals surface area contributed by atoms with Crippen molar-refractivity contribution in [3.8, 4) is 5.69 Å². The molecule has 2 heterocycles. The quantitative estimate of drug-likeness (QED) is 0.839. The van der Waals surface area contributed by atoms with E-state index in [0.29, 0.717) is 0 Å². The molecule has 0 radical (unpaired) electrons. The van der Waals surface area contributed by atoms with Crippen LogP contribution in [0.15, 0.2) is 40.8 Å². The molecule has 4 nitrogen and oxygen atoms in total. The van der Waals surface area contributed by atoms with Crippen molar-refractivity contribution in [3.63, 3.8) is 0 Å². The Hall–Kier alpha value is -1.88. The van der Waals surface area contributed by atoms with E-state index in [4.69, 9.17) is 0 Å². The molecule has 110 valence electrons. The fraction of sp³-hybridized carbons (Fsp3) is 0.375. The number of likely N-dealkylation sites (tertiary alicyclic amines) is 1. The third-order valence-corrected chi connectivity index (χ3v) is 4.54. The largest absolute Gasteiger partial charge is 0.346 e. The van der Waals surface area contributed by atoms with Crippen LogP contribution in [0.25, 0.3) is 5.69 Å². The number of aromatic nitrogens is 1. The zero-order valence-electron chi connectivity index (χ0n) is 12.2. The number of urea groups is 1. The van der Waals surface area contributed by atoms with Crippen molar-refractivity contribution in [1.82, 2.24) is 9.47 Å². The average Bonchev–Trinajstić information content (AvgIpc) is 3.19. The van der Waals surface area contributed by atoms with E-state index in [2.05, 4.69) is 36.2 Å². The second kappa shape index (κ2) is 6.26. The van der Waals surface area contributed by atoms with Gasteiger partial charge in [0.1, 0.15) is 0 Å². The molecule has 1 aromatic heterocycles. The van der Waals surface area contributed by atoms with Gasteiger partial charge in [0.15, 0.2) is 4.80 Å². The van der Waals surface area contributed by atoms with Gasteiger partial charge in [-0.15, -0.1) is 11.3 Å². The Morgan fingerprint density at radius 1 is 1.24 bits per heavy atom. The molecule has 1 aliphatic rings. The van der Waals surface area contributed by atoms with Crippen LogP contribution in [0.1, 0.15) is 25.3 Å². The standard InChI is InChI=1S/C16H19N3OS/c1-2-13-5-7-14(8-6-13)19-11-12-21-16(19)17-15(20)18-9-3-4-10-18/h5-8,11-12H,2-4,9-10H2,1H3/b17-16-. The normalized spacial score (nSPS) is 15.7. The molecule has 2 aromatic rings. The van der Waals surface area contributed by atoms with Crippen LogP contribution in [-0.2, 0) is 6.42 Å². The van der Waals surface area contributed by atoms with Crippen molar-refractivity contribution >= 4 is 17.4 Å². The predicted octanol–water partition coefficient (Wildman–Crippen LogP) is 3.22. The lowest BCUT2D eigenvalue weighted by Gasteiger charge is -2.10. The summed E-state index contributed by atoms with van der Waals surface area (Å²) in [5.74, 6) is 0. The zero-order valence-corrected chi connectivity index (χ0v) is 13.0. The maximum atomic E-state index is 12.1. The molecule has 1 aliphatic heterocycles. The number of hydrogen-bond acceptors (Lipinski definition) is 2. The molecule has 0 bridgehead atoms. The molecule has 2 amide bonds. The Balaban J connectivity index is 1.90. The summed E-state index contributed by atoms with van der Waals surface area (Å²) in [4.78, 5) is 19.0. The second-order valence-electron chi connectivity index (χ2n) is 5.16. The lowest BCUT2D eigenvalue weighted by Crippen LogP contribution is -2.27. The van der Waals surface area contributed by atoms with Crippen molar-refractivity contribution in [2.45, 2.75) is 26.2 Å². The van der Waals surface area contributed by atoms with E-state index >= 15 is 0 Å². The highest BCUT2D eigenvalue weighted by Gasteiger charge is 2.17. The van der Waals surface area contributed by atoms with Gasteiger partial charge in [0.2, 0.25) is 0 Å². The molecule has 3 rings (SSSR count). The monoisotopic (exact) mass is 301 g/mol. The van der Waals surface area contributed by atoms with Crippen LogP contribution in [-0.4, -0.2) is 28.6 Å². The van der Waals surface area contributed by atoms with E-state index < -0.39 is 0 Å². The van der Waals surface area contributed by atoms with Gasteiger partial charge in [-0.1, -0.05) is 19.1 Å². The maximum absolute atomic E-state index is 12.1. The first-order chi connectivity index (χ1) is 10.3. The molecule has 0 atom stereocenters. The van der Waals surface area contributed by atoms with E-state index in [1.165, 1.54) is 16.9 Å². The van der Waals surface area contributed by atoms with Gasteiger partial charge in [0.05, 0.1) is 0 Å². The van der Waals surface area contributed by atoms with Gasteiger partial charge in [-0.2, -0.15) is 4.99 Å². The number of carbonyl (C=O) groups is 1. The van der Waals surface area contributed by atoms with Crippen molar-refractivity contribution in [2.24, 2.45) is 4.99 Å². The Labute approximate surface area is 128 Å². The highest BCUT2D eigenvalue weighted by molar-refractivity contribution is 7.07. The topological polar surface area (TPSA) is 37.6 Å². The predicted molar refractivity (Wildman–Crippen MR) is 84.8 cm³/mol. The number of hydrogen-bond donors (Lipinski definition) is 0. The molecule has 1 fully saturated rings. The van der Waals surface area contributed by atoms with Gasteiger partial charge in [-0.25, -0.2) is 4.79 Å². The average molecular weight is 301 g/mol. The van der Waals surface area contributed by atoms with Gasteiger partial charge in [0.25, 0.3) is 0 Å². The maximum Gasteiger partial charge on any atom is 0.346 e. The Kier molecular flexibility index (Phi) is 4.20. The number of benzene rings is 1.